The van der Waals surface area contributed by atoms with Gasteiger partial charge in [-0.1, -0.05) is 0 Å². The maximum atomic E-state index is 12.2. The Morgan fingerprint density at radius 3 is 2.55 bits per heavy atom. The number of nitrogens with zero attached hydrogens (tertiary/aromatic N) is 1. The van der Waals surface area contributed by atoms with Gasteiger partial charge in [-0.05, 0) is 56.1 Å². The number of benzene rings is 1. The van der Waals surface area contributed by atoms with E-state index in [4.69, 9.17) is 4.74 Å². The normalized spacial score (nSPS) is 11.2. The summed E-state index contributed by atoms with van der Waals surface area (Å²) in [7, 11) is -2.14. The van der Waals surface area contributed by atoms with Crippen molar-refractivity contribution in [3.8, 4) is 5.75 Å². The van der Waals surface area contributed by atoms with Crippen molar-refractivity contribution in [1.29, 1.82) is 0 Å². The summed E-state index contributed by atoms with van der Waals surface area (Å²) in [5, 5.41) is 0. The quantitative estimate of drug-likeness (QED) is 0.821. The van der Waals surface area contributed by atoms with Crippen LogP contribution in [0.1, 0.15) is 0 Å². The van der Waals surface area contributed by atoms with Crippen molar-refractivity contribution >= 4 is 47.6 Å². The molecule has 0 unspecified atom stereocenters. The topological polar surface area (TPSA) is 68.3 Å². The molecule has 1 heterocycles. The highest BCUT2D eigenvalue weighted by Crippen LogP contribution is 2.29. The molecule has 1 aromatic carbocycles. The molecule has 1 N–H and O–H groups in total. The molecular weight excluding hydrogens is 412 g/mol. The zero-order chi connectivity index (χ0) is 14.8. The molecule has 0 amide bonds. The van der Waals surface area contributed by atoms with E-state index >= 15 is 0 Å². The monoisotopic (exact) mass is 420 g/mol. The van der Waals surface area contributed by atoms with E-state index in [1.165, 1.54) is 25.6 Å². The first-order valence-corrected chi connectivity index (χ1v) is 8.46. The van der Waals surface area contributed by atoms with Crippen molar-refractivity contribution in [3.63, 3.8) is 0 Å². The van der Waals surface area contributed by atoms with Crippen LogP contribution in [0, 0.1) is 0 Å². The zero-order valence-electron chi connectivity index (χ0n) is 10.3. The first-order valence-electron chi connectivity index (χ1n) is 5.39. The first-order chi connectivity index (χ1) is 9.42. The van der Waals surface area contributed by atoms with Gasteiger partial charge in [0.1, 0.15) is 10.6 Å². The molecule has 0 saturated heterocycles. The van der Waals surface area contributed by atoms with Gasteiger partial charge in [0.05, 0.1) is 17.3 Å². The number of methoxy groups -OCH3 is 1. The molecule has 0 fully saturated rings. The summed E-state index contributed by atoms with van der Waals surface area (Å²) in [6.07, 6.45) is 2.80. The van der Waals surface area contributed by atoms with Crippen LogP contribution in [0.2, 0.25) is 0 Å². The lowest BCUT2D eigenvalue weighted by Gasteiger charge is -2.10. The van der Waals surface area contributed by atoms with E-state index in [0.717, 1.165) is 0 Å². The second kappa shape index (κ2) is 6.11. The van der Waals surface area contributed by atoms with Gasteiger partial charge in [0.15, 0.2) is 0 Å². The molecular formula is C12H10Br2N2O3S. The number of sulfonamides is 1. The van der Waals surface area contributed by atoms with Crippen LogP contribution in [0.15, 0.2) is 50.5 Å². The SMILES string of the molecule is COc1ccc(NS(=O)(=O)c2cncc(Br)c2)cc1Br. The Morgan fingerprint density at radius 2 is 1.95 bits per heavy atom. The third-order valence-corrected chi connectivity index (χ3v) is 4.80. The number of aromatic nitrogens is 1. The predicted molar refractivity (Wildman–Crippen MR) is 83.4 cm³/mol. The minimum absolute atomic E-state index is 0.0822. The molecule has 0 atom stereocenters. The Kier molecular flexibility index (Phi) is 4.66. The molecule has 0 spiro atoms. The molecule has 0 aliphatic carbocycles. The fraction of sp³-hybridized carbons (Fsp3) is 0.0833. The van der Waals surface area contributed by atoms with Crippen molar-refractivity contribution in [2.45, 2.75) is 4.90 Å². The van der Waals surface area contributed by atoms with E-state index in [1.54, 1.807) is 18.2 Å². The standard InChI is InChI=1S/C12H10Br2N2O3S/c1-19-12-3-2-9(5-11(12)14)16-20(17,18)10-4-8(13)6-15-7-10/h2-7,16H,1H3. The van der Waals surface area contributed by atoms with Gasteiger partial charge in [-0.25, -0.2) is 8.42 Å². The molecule has 2 rings (SSSR count). The number of pyridine rings is 1. The van der Waals surface area contributed by atoms with Crippen LogP contribution in [0.25, 0.3) is 0 Å². The summed E-state index contributed by atoms with van der Waals surface area (Å²) in [5.74, 6) is 0.622. The summed E-state index contributed by atoms with van der Waals surface area (Å²) in [5.41, 5.74) is 0.428. The van der Waals surface area contributed by atoms with Gasteiger partial charge < -0.3 is 4.74 Å². The number of hydrogen-bond acceptors (Lipinski definition) is 4. The minimum atomic E-state index is -3.68. The summed E-state index contributed by atoms with van der Waals surface area (Å²) < 4.78 is 33.2. The number of nitrogens with one attached hydrogen (secondary N) is 1. The lowest BCUT2D eigenvalue weighted by molar-refractivity contribution is 0.412. The molecule has 0 bridgehead atoms. The van der Waals surface area contributed by atoms with Gasteiger partial charge in [0.2, 0.25) is 0 Å². The van der Waals surface area contributed by atoms with E-state index in [9.17, 15) is 8.42 Å². The summed E-state index contributed by atoms with van der Waals surface area (Å²) in [4.78, 5) is 3.92. The lowest BCUT2D eigenvalue weighted by atomic mass is 10.3. The smallest absolute Gasteiger partial charge is 0.263 e. The number of halogens is 2. The van der Waals surface area contributed by atoms with Crippen LogP contribution >= 0.6 is 31.9 Å². The Labute approximate surface area is 133 Å². The number of anilines is 1. The average molecular weight is 422 g/mol. The van der Waals surface area contributed by atoms with E-state index in [1.807, 2.05) is 0 Å². The van der Waals surface area contributed by atoms with Crippen molar-refractivity contribution in [1.82, 2.24) is 4.98 Å². The van der Waals surface area contributed by atoms with E-state index in [2.05, 4.69) is 41.6 Å². The highest BCUT2D eigenvalue weighted by Gasteiger charge is 2.15. The molecule has 20 heavy (non-hydrogen) atoms. The lowest BCUT2D eigenvalue weighted by Crippen LogP contribution is -2.13. The number of rotatable bonds is 4. The highest BCUT2D eigenvalue weighted by atomic mass is 79.9. The molecule has 0 saturated carbocycles. The minimum Gasteiger partial charge on any atom is -0.496 e. The molecule has 0 radical (unpaired) electrons. The van der Waals surface area contributed by atoms with Crippen molar-refractivity contribution in [2.24, 2.45) is 0 Å². The second-order valence-electron chi connectivity index (χ2n) is 3.79. The maximum absolute atomic E-state index is 12.2. The van der Waals surface area contributed by atoms with Crippen molar-refractivity contribution in [3.05, 3.63) is 45.6 Å². The zero-order valence-corrected chi connectivity index (χ0v) is 14.3. The Morgan fingerprint density at radius 1 is 1.20 bits per heavy atom. The summed E-state index contributed by atoms with van der Waals surface area (Å²) in [6.45, 7) is 0. The number of ether oxygens (including phenoxy) is 1. The summed E-state index contributed by atoms with van der Waals surface area (Å²) in [6, 6.07) is 6.39. The third-order valence-electron chi connectivity index (χ3n) is 2.39. The average Bonchev–Trinajstić information content (AvgIpc) is 2.38. The van der Waals surface area contributed by atoms with Gasteiger partial charge in [-0.2, -0.15) is 0 Å². The van der Waals surface area contributed by atoms with Crippen LogP contribution in [-0.2, 0) is 10.0 Å². The van der Waals surface area contributed by atoms with Crippen molar-refractivity contribution in [2.75, 3.05) is 11.8 Å². The predicted octanol–water partition coefficient (Wildman–Crippen LogP) is 3.42. The number of hydrogen-bond donors (Lipinski definition) is 1. The Balaban J connectivity index is 2.31. The van der Waals surface area contributed by atoms with E-state index < -0.39 is 10.0 Å². The molecule has 106 valence electrons. The van der Waals surface area contributed by atoms with Crippen LogP contribution < -0.4 is 9.46 Å². The van der Waals surface area contributed by atoms with Gasteiger partial charge in [-0.3, -0.25) is 9.71 Å². The molecule has 1 aromatic heterocycles. The molecule has 2 aromatic rings. The fourth-order valence-electron chi connectivity index (χ4n) is 1.48. The molecule has 0 aliphatic rings. The van der Waals surface area contributed by atoms with Gasteiger partial charge >= 0.3 is 0 Å². The Hall–Kier alpha value is -1.12. The van der Waals surface area contributed by atoms with Crippen LogP contribution in [0.5, 0.6) is 5.75 Å². The second-order valence-corrected chi connectivity index (χ2v) is 7.25. The summed E-state index contributed by atoms with van der Waals surface area (Å²) >= 11 is 6.49. The third kappa shape index (κ3) is 3.50. The van der Waals surface area contributed by atoms with Crippen LogP contribution in [0.4, 0.5) is 5.69 Å². The largest absolute Gasteiger partial charge is 0.496 e. The maximum Gasteiger partial charge on any atom is 0.263 e. The molecule has 0 aliphatic heterocycles. The van der Waals surface area contributed by atoms with Gasteiger partial charge in [-0.15, -0.1) is 0 Å². The van der Waals surface area contributed by atoms with Crippen LogP contribution in [-0.4, -0.2) is 20.5 Å². The van der Waals surface area contributed by atoms with E-state index in [-0.39, 0.29) is 4.90 Å². The first kappa shape index (κ1) is 15.3. The molecule has 8 heteroatoms. The molecule has 5 nitrogen and oxygen atoms in total. The van der Waals surface area contributed by atoms with Crippen molar-refractivity contribution < 1.29 is 13.2 Å². The van der Waals surface area contributed by atoms with E-state index in [0.29, 0.717) is 20.4 Å². The fourth-order valence-corrected chi connectivity index (χ4v) is 3.58. The Bertz CT molecular complexity index is 735. The van der Waals surface area contributed by atoms with Gasteiger partial charge in [0.25, 0.3) is 10.0 Å². The van der Waals surface area contributed by atoms with Gasteiger partial charge in [0, 0.05) is 16.9 Å². The van der Waals surface area contributed by atoms with Crippen LogP contribution in [0.3, 0.4) is 0 Å². The highest BCUT2D eigenvalue weighted by molar-refractivity contribution is 9.10.